The third kappa shape index (κ3) is 3.02. The van der Waals surface area contributed by atoms with Crippen molar-refractivity contribution in [2.24, 2.45) is 0 Å². The number of rotatable bonds is 4. The predicted octanol–water partition coefficient (Wildman–Crippen LogP) is 3.75. The van der Waals surface area contributed by atoms with Crippen molar-refractivity contribution in [1.82, 2.24) is 0 Å². The largest absolute Gasteiger partial charge is 0.370 e. The Balaban J connectivity index is 2.20. The van der Waals surface area contributed by atoms with E-state index in [1.54, 1.807) is 0 Å². The molecule has 0 fully saturated rings. The molecule has 0 N–H and O–H groups in total. The standard InChI is InChI=1S/C17H19NO/c1-13-6-4-5-7-15(13)11-18(3)17-9-8-16(12-19)14(2)10-17/h4-10,12H,11H2,1-3H3. The fourth-order valence-electron chi connectivity index (χ4n) is 2.16. The fraction of sp³-hybridized carbons (Fsp3) is 0.235. The molecule has 0 unspecified atom stereocenters. The summed E-state index contributed by atoms with van der Waals surface area (Å²) >= 11 is 0. The van der Waals surface area contributed by atoms with E-state index in [0.717, 1.165) is 29.6 Å². The van der Waals surface area contributed by atoms with Gasteiger partial charge in [-0.1, -0.05) is 24.3 Å². The lowest BCUT2D eigenvalue weighted by Gasteiger charge is -2.21. The van der Waals surface area contributed by atoms with Gasteiger partial charge in [0.2, 0.25) is 0 Å². The number of carbonyl (C=O) groups excluding carboxylic acids is 1. The molecular weight excluding hydrogens is 234 g/mol. The molecule has 2 heteroatoms. The van der Waals surface area contributed by atoms with Gasteiger partial charge < -0.3 is 4.90 Å². The Kier molecular flexibility index (Phi) is 4.00. The van der Waals surface area contributed by atoms with Gasteiger partial charge in [-0.25, -0.2) is 0 Å². The zero-order valence-corrected chi connectivity index (χ0v) is 11.7. The van der Waals surface area contributed by atoms with Crippen LogP contribution in [0.4, 0.5) is 5.69 Å². The van der Waals surface area contributed by atoms with Gasteiger partial charge in [-0.3, -0.25) is 4.79 Å². The highest BCUT2D eigenvalue weighted by atomic mass is 16.1. The second-order valence-electron chi connectivity index (χ2n) is 4.94. The van der Waals surface area contributed by atoms with Crippen molar-refractivity contribution in [2.75, 3.05) is 11.9 Å². The topological polar surface area (TPSA) is 20.3 Å². The second kappa shape index (κ2) is 5.70. The molecule has 0 aromatic heterocycles. The summed E-state index contributed by atoms with van der Waals surface area (Å²) in [5, 5.41) is 0. The molecule has 0 radical (unpaired) electrons. The Bertz CT molecular complexity index is 590. The maximum atomic E-state index is 10.8. The van der Waals surface area contributed by atoms with Crippen LogP contribution in [0.25, 0.3) is 0 Å². The molecule has 0 atom stereocenters. The smallest absolute Gasteiger partial charge is 0.150 e. The fourth-order valence-corrected chi connectivity index (χ4v) is 2.16. The Morgan fingerprint density at radius 2 is 1.79 bits per heavy atom. The third-order valence-corrected chi connectivity index (χ3v) is 3.49. The second-order valence-corrected chi connectivity index (χ2v) is 4.94. The van der Waals surface area contributed by atoms with Crippen molar-refractivity contribution in [3.8, 4) is 0 Å². The van der Waals surface area contributed by atoms with Crippen molar-refractivity contribution in [1.29, 1.82) is 0 Å². The number of hydrogen-bond acceptors (Lipinski definition) is 2. The Morgan fingerprint density at radius 3 is 2.42 bits per heavy atom. The van der Waals surface area contributed by atoms with E-state index in [0.29, 0.717) is 0 Å². The van der Waals surface area contributed by atoms with E-state index in [1.807, 2.05) is 19.1 Å². The minimum absolute atomic E-state index is 0.757. The summed E-state index contributed by atoms with van der Waals surface area (Å²) in [5.74, 6) is 0. The first-order chi connectivity index (χ1) is 9.11. The number of nitrogens with zero attached hydrogens (tertiary/aromatic N) is 1. The molecule has 0 spiro atoms. The first-order valence-corrected chi connectivity index (χ1v) is 6.43. The summed E-state index contributed by atoms with van der Waals surface area (Å²) in [4.78, 5) is 13.0. The van der Waals surface area contributed by atoms with Crippen molar-refractivity contribution < 1.29 is 4.79 Å². The number of benzene rings is 2. The Hall–Kier alpha value is -2.09. The van der Waals surface area contributed by atoms with Crippen LogP contribution >= 0.6 is 0 Å². The van der Waals surface area contributed by atoms with E-state index < -0.39 is 0 Å². The highest BCUT2D eigenvalue weighted by Gasteiger charge is 2.06. The summed E-state index contributed by atoms with van der Waals surface area (Å²) < 4.78 is 0. The van der Waals surface area contributed by atoms with Crippen LogP contribution in [0.5, 0.6) is 0 Å². The van der Waals surface area contributed by atoms with Gasteiger partial charge in [0.1, 0.15) is 6.29 Å². The van der Waals surface area contributed by atoms with Crippen molar-refractivity contribution in [3.63, 3.8) is 0 Å². The lowest BCUT2D eigenvalue weighted by Crippen LogP contribution is -2.17. The zero-order valence-electron chi connectivity index (χ0n) is 11.7. The molecule has 0 aliphatic carbocycles. The minimum atomic E-state index is 0.757. The van der Waals surface area contributed by atoms with Gasteiger partial charge in [-0.15, -0.1) is 0 Å². The number of carbonyl (C=O) groups is 1. The summed E-state index contributed by atoms with van der Waals surface area (Å²) in [6.07, 6.45) is 0.903. The van der Waals surface area contributed by atoms with Crippen molar-refractivity contribution in [2.45, 2.75) is 20.4 Å². The van der Waals surface area contributed by atoms with Gasteiger partial charge in [0.15, 0.2) is 0 Å². The van der Waals surface area contributed by atoms with Crippen LogP contribution in [-0.4, -0.2) is 13.3 Å². The average molecular weight is 253 g/mol. The molecule has 19 heavy (non-hydrogen) atoms. The van der Waals surface area contributed by atoms with Crippen molar-refractivity contribution in [3.05, 3.63) is 64.7 Å². The normalized spacial score (nSPS) is 10.3. The number of aldehydes is 1. The zero-order chi connectivity index (χ0) is 13.8. The van der Waals surface area contributed by atoms with Gasteiger partial charge in [0.25, 0.3) is 0 Å². The Morgan fingerprint density at radius 1 is 1.05 bits per heavy atom. The summed E-state index contributed by atoms with van der Waals surface area (Å²) in [6.45, 7) is 4.96. The molecular formula is C17H19NO. The van der Waals surface area contributed by atoms with E-state index >= 15 is 0 Å². The van der Waals surface area contributed by atoms with Crippen LogP contribution < -0.4 is 4.90 Å². The van der Waals surface area contributed by atoms with Gasteiger partial charge in [-0.05, 0) is 48.7 Å². The lowest BCUT2D eigenvalue weighted by molar-refractivity contribution is 0.112. The molecule has 0 heterocycles. The molecule has 0 aliphatic heterocycles. The maximum Gasteiger partial charge on any atom is 0.150 e. The molecule has 0 amide bonds. The van der Waals surface area contributed by atoms with E-state index in [-0.39, 0.29) is 0 Å². The van der Waals surface area contributed by atoms with Crippen LogP contribution in [0.3, 0.4) is 0 Å². The summed E-state index contributed by atoms with van der Waals surface area (Å²) in [5.41, 5.74) is 5.53. The molecule has 0 saturated heterocycles. The van der Waals surface area contributed by atoms with Gasteiger partial charge in [-0.2, -0.15) is 0 Å². The monoisotopic (exact) mass is 253 g/mol. The summed E-state index contributed by atoms with van der Waals surface area (Å²) in [6, 6.07) is 14.3. The van der Waals surface area contributed by atoms with Crippen LogP contribution in [-0.2, 0) is 6.54 Å². The van der Waals surface area contributed by atoms with E-state index in [4.69, 9.17) is 0 Å². The maximum absolute atomic E-state index is 10.8. The summed E-state index contributed by atoms with van der Waals surface area (Å²) in [7, 11) is 2.07. The van der Waals surface area contributed by atoms with E-state index in [1.165, 1.54) is 11.1 Å². The van der Waals surface area contributed by atoms with Crippen LogP contribution in [0.1, 0.15) is 27.0 Å². The molecule has 0 saturated carbocycles. The molecule has 0 bridgehead atoms. The van der Waals surface area contributed by atoms with Crippen LogP contribution in [0, 0.1) is 13.8 Å². The Labute approximate surface area is 114 Å². The number of anilines is 1. The molecule has 2 nitrogen and oxygen atoms in total. The quantitative estimate of drug-likeness (QED) is 0.773. The number of hydrogen-bond donors (Lipinski definition) is 0. The molecule has 98 valence electrons. The predicted molar refractivity (Wildman–Crippen MR) is 79.9 cm³/mol. The third-order valence-electron chi connectivity index (χ3n) is 3.49. The molecule has 2 aromatic rings. The van der Waals surface area contributed by atoms with Crippen molar-refractivity contribution >= 4 is 12.0 Å². The first-order valence-electron chi connectivity index (χ1n) is 6.43. The molecule has 2 rings (SSSR count). The molecule has 2 aromatic carbocycles. The minimum Gasteiger partial charge on any atom is -0.370 e. The highest BCUT2D eigenvalue weighted by molar-refractivity contribution is 5.78. The molecule has 0 aliphatic rings. The first kappa shape index (κ1) is 13.3. The lowest BCUT2D eigenvalue weighted by atomic mass is 10.1. The highest BCUT2D eigenvalue weighted by Crippen LogP contribution is 2.20. The van der Waals surface area contributed by atoms with Gasteiger partial charge >= 0.3 is 0 Å². The van der Waals surface area contributed by atoms with E-state index in [2.05, 4.69) is 49.2 Å². The van der Waals surface area contributed by atoms with Gasteiger partial charge in [0.05, 0.1) is 0 Å². The van der Waals surface area contributed by atoms with Crippen LogP contribution in [0.15, 0.2) is 42.5 Å². The number of aryl methyl sites for hydroxylation is 2. The van der Waals surface area contributed by atoms with Gasteiger partial charge in [0, 0.05) is 24.8 Å². The van der Waals surface area contributed by atoms with E-state index in [9.17, 15) is 4.79 Å². The average Bonchev–Trinajstić information content (AvgIpc) is 2.41. The van der Waals surface area contributed by atoms with Crippen LogP contribution in [0.2, 0.25) is 0 Å². The SMILES string of the molecule is Cc1cc(N(C)Cc2ccccc2C)ccc1C=O.